The number of carbonyl (C=O) groups is 1. The number of carbonyl (C=O) groups excluding carboxylic acids is 1. The largest absolute Gasteiger partial charge is 0.334 e. The second-order valence-corrected chi connectivity index (χ2v) is 6.62. The summed E-state index contributed by atoms with van der Waals surface area (Å²) in [5.74, 6) is -3.19. The Bertz CT molecular complexity index is 595. The van der Waals surface area contributed by atoms with E-state index < -0.39 is 11.7 Å². The summed E-state index contributed by atoms with van der Waals surface area (Å²) >= 11 is 0. The van der Waals surface area contributed by atoms with Gasteiger partial charge in [-0.2, -0.15) is 8.78 Å². The van der Waals surface area contributed by atoms with Gasteiger partial charge >= 0.3 is 5.92 Å². The monoisotopic (exact) mass is 304 g/mol. The molecule has 2 aliphatic rings. The fourth-order valence-electron chi connectivity index (χ4n) is 3.85. The van der Waals surface area contributed by atoms with Gasteiger partial charge in [0, 0.05) is 5.56 Å². The van der Waals surface area contributed by atoms with Crippen LogP contribution in [-0.2, 0) is 10.7 Å². The van der Waals surface area contributed by atoms with E-state index in [4.69, 9.17) is 0 Å². The molecule has 0 aliphatic heterocycles. The van der Waals surface area contributed by atoms with Crippen LogP contribution in [0.2, 0.25) is 0 Å². The summed E-state index contributed by atoms with van der Waals surface area (Å²) in [6, 6.07) is 5.10. The van der Waals surface area contributed by atoms with Crippen molar-refractivity contribution in [2.45, 2.75) is 57.3 Å². The van der Waals surface area contributed by atoms with E-state index in [1.54, 1.807) is 6.07 Å². The first-order chi connectivity index (χ1) is 10.5. The van der Waals surface area contributed by atoms with Crippen LogP contribution in [0.4, 0.5) is 8.78 Å². The zero-order valence-electron chi connectivity index (χ0n) is 12.9. The lowest BCUT2D eigenvalue weighted by Crippen LogP contribution is -2.27. The van der Waals surface area contributed by atoms with E-state index in [-0.39, 0.29) is 5.56 Å². The van der Waals surface area contributed by atoms with Gasteiger partial charge in [-0.25, -0.2) is 0 Å². The van der Waals surface area contributed by atoms with Crippen molar-refractivity contribution < 1.29 is 13.6 Å². The molecule has 1 aromatic carbocycles. The van der Waals surface area contributed by atoms with Crippen LogP contribution in [0.15, 0.2) is 24.3 Å². The molecule has 1 saturated carbocycles. The number of hydrogen-bond acceptors (Lipinski definition) is 1. The number of ketones is 1. The average molecular weight is 304 g/mol. The van der Waals surface area contributed by atoms with Crippen LogP contribution < -0.4 is 0 Å². The summed E-state index contributed by atoms with van der Waals surface area (Å²) in [6.07, 6.45) is 9.83. The molecule has 22 heavy (non-hydrogen) atoms. The van der Waals surface area contributed by atoms with Gasteiger partial charge in [-0.05, 0) is 54.7 Å². The van der Waals surface area contributed by atoms with Crippen LogP contribution >= 0.6 is 0 Å². The van der Waals surface area contributed by atoms with E-state index >= 15 is 0 Å². The molecule has 3 rings (SSSR count). The minimum Gasteiger partial charge on any atom is -0.288 e. The highest BCUT2D eigenvalue weighted by atomic mass is 19.3. The molecule has 3 heteroatoms. The third kappa shape index (κ3) is 2.73. The Hall–Kier alpha value is -1.51. The standard InChI is InChI=1S/C19H22F2O/c1-2-3-13-4-6-14(7-5-13)15-8-10-17-16(12-15)9-11-18(22)19(17,20)21/h8-14H,2-7H2,1H3. The maximum Gasteiger partial charge on any atom is 0.334 e. The highest BCUT2D eigenvalue weighted by Gasteiger charge is 2.42. The van der Waals surface area contributed by atoms with E-state index in [0.717, 1.165) is 30.4 Å². The Morgan fingerprint density at radius 2 is 1.86 bits per heavy atom. The van der Waals surface area contributed by atoms with Crippen molar-refractivity contribution in [1.29, 1.82) is 0 Å². The summed E-state index contributed by atoms with van der Waals surface area (Å²) in [5.41, 5.74) is 1.49. The number of allylic oxidation sites excluding steroid dienone is 1. The Kier molecular flexibility index (Phi) is 4.16. The van der Waals surface area contributed by atoms with Crippen LogP contribution in [0, 0.1) is 5.92 Å². The quantitative estimate of drug-likeness (QED) is 0.726. The minimum atomic E-state index is -3.37. The molecule has 0 unspecified atom stereocenters. The molecule has 0 aromatic heterocycles. The predicted molar refractivity (Wildman–Crippen MR) is 84.0 cm³/mol. The van der Waals surface area contributed by atoms with E-state index in [0.29, 0.717) is 11.5 Å². The number of hydrogen-bond donors (Lipinski definition) is 0. The molecular formula is C19H22F2O. The zero-order chi connectivity index (χ0) is 15.7. The molecule has 0 spiro atoms. The van der Waals surface area contributed by atoms with Crippen molar-refractivity contribution >= 4 is 11.9 Å². The van der Waals surface area contributed by atoms with Gasteiger partial charge in [0.05, 0.1) is 0 Å². The highest BCUT2D eigenvalue weighted by molar-refractivity contribution is 6.02. The third-order valence-corrected chi connectivity index (χ3v) is 5.15. The van der Waals surface area contributed by atoms with Crippen LogP contribution in [0.3, 0.4) is 0 Å². The number of benzene rings is 1. The summed E-state index contributed by atoms with van der Waals surface area (Å²) in [4.78, 5) is 11.3. The highest BCUT2D eigenvalue weighted by Crippen LogP contribution is 2.41. The molecule has 2 aliphatic carbocycles. The molecule has 0 saturated heterocycles. The van der Waals surface area contributed by atoms with Gasteiger partial charge in [-0.3, -0.25) is 4.79 Å². The van der Waals surface area contributed by atoms with Gasteiger partial charge < -0.3 is 0 Å². The Balaban J connectivity index is 1.79. The average Bonchev–Trinajstić information content (AvgIpc) is 2.52. The van der Waals surface area contributed by atoms with Gasteiger partial charge in [-0.1, -0.05) is 44.0 Å². The van der Waals surface area contributed by atoms with Crippen LogP contribution in [-0.4, -0.2) is 5.78 Å². The van der Waals surface area contributed by atoms with E-state index in [2.05, 4.69) is 6.92 Å². The van der Waals surface area contributed by atoms with Crippen molar-refractivity contribution in [2.24, 2.45) is 5.92 Å². The third-order valence-electron chi connectivity index (χ3n) is 5.15. The number of fused-ring (bicyclic) bond motifs is 1. The van der Waals surface area contributed by atoms with Crippen LogP contribution in [0.1, 0.15) is 68.1 Å². The van der Waals surface area contributed by atoms with Gasteiger partial charge in [-0.15, -0.1) is 0 Å². The zero-order valence-corrected chi connectivity index (χ0v) is 12.9. The molecule has 1 aromatic rings. The second-order valence-electron chi connectivity index (χ2n) is 6.62. The van der Waals surface area contributed by atoms with Gasteiger partial charge in [0.1, 0.15) is 0 Å². The van der Waals surface area contributed by atoms with Crippen molar-refractivity contribution in [3.05, 3.63) is 41.0 Å². The number of halogens is 2. The Labute approximate surface area is 130 Å². The number of alkyl halides is 2. The molecule has 0 heterocycles. The molecule has 0 amide bonds. The molecule has 1 fully saturated rings. The smallest absolute Gasteiger partial charge is 0.288 e. The molecule has 0 bridgehead atoms. The first-order valence-corrected chi connectivity index (χ1v) is 8.27. The summed E-state index contributed by atoms with van der Waals surface area (Å²) in [5, 5.41) is 0. The lowest BCUT2D eigenvalue weighted by molar-refractivity contribution is -0.139. The predicted octanol–water partition coefficient (Wildman–Crippen LogP) is 5.45. The molecule has 1 nitrogen and oxygen atoms in total. The topological polar surface area (TPSA) is 17.1 Å². The fraction of sp³-hybridized carbons (Fsp3) is 0.526. The second kappa shape index (κ2) is 5.94. The van der Waals surface area contributed by atoms with Gasteiger partial charge in [0.2, 0.25) is 5.78 Å². The lowest BCUT2D eigenvalue weighted by Gasteiger charge is -2.29. The SMILES string of the molecule is CCCC1CCC(c2ccc3c(c2)C=CC(=O)C3(F)F)CC1. The van der Waals surface area contributed by atoms with Crippen molar-refractivity contribution in [1.82, 2.24) is 0 Å². The first kappa shape index (κ1) is 15.4. The maximum atomic E-state index is 13.9. The van der Waals surface area contributed by atoms with Crippen molar-refractivity contribution in [3.63, 3.8) is 0 Å². The van der Waals surface area contributed by atoms with E-state index in [1.807, 2.05) is 6.07 Å². The van der Waals surface area contributed by atoms with Crippen LogP contribution in [0.25, 0.3) is 6.08 Å². The van der Waals surface area contributed by atoms with Crippen molar-refractivity contribution in [3.8, 4) is 0 Å². The Morgan fingerprint density at radius 1 is 1.14 bits per heavy atom. The van der Waals surface area contributed by atoms with Crippen molar-refractivity contribution in [2.75, 3.05) is 0 Å². The first-order valence-electron chi connectivity index (χ1n) is 8.27. The van der Waals surface area contributed by atoms with Gasteiger partial charge in [0.15, 0.2) is 0 Å². The Morgan fingerprint density at radius 3 is 2.55 bits per heavy atom. The molecule has 0 radical (unpaired) electrons. The maximum absolute atomic E-state index is 13.9. The van der Waals surface area contributed by atoms with Crippen LogP contribution in [0.5, 0.6) is 0 Å². The summed E-state index contributed by atoms with van der Waals surface area (Å²) in [7, 11) is 0. The van der Waals surface area contributed by atoms with E-state index in [1.165, 1.54) is 37.8 Å². The van der Waals surface area contributed by atoms with Gasteiger partial charge in [0.25, 0.3) is 0 Å². The summed E-state index contributed by atoms with van der Waals surface area (Å²) in [6.45, 7) is 2.23. The number of rotatable bonds is 3. The fourth-order valence-corrected chi connectivity index (χ4v) is 3.85. The summed E-state index contributed by atoms with van der Waals surface area (Å²) < 4.78 is 27.8. The molecule has 0 N–H and O–H groups in total. The minimum absolute atomic E-state index is 0.150. The molecule has 118 valence electrons. The molecule has 0 atom stereocenters. The molecular weight excluding hydrogens is 282 g/mol. The normalized spacial score (nSPS) is 26.8. The van der Waals surface area contributed by atoms with E-state index in [9.17, 15) is 13.6 Å². The lowest BCUT2D eigenvalue weighted by atomic mass is 9.76.